The van der Waals surface area contributed by atoms with Crippen molar-refractivity contribution in [2.75, 3.05) is 39.5 Å². The Morgan fingerprint density at radius 3 is 2.72 bits per heavy atom. The summed E-state index contributed by atoms with van der Waals surface area (Å²) in [5.74, 6) is -0.0181. The maximum absolute atomic E-state index is 12.2. The summed E-state index contributed by atoms with van der Waals surface area (Å²) < 4.78 is 10.8. The summed E-state index contributed by atoms with van der Waals surface area (Å²) in [6.07, 6.45) is 1.47. The average Bonchev–Trinajstić information content (AvgIpc) is 3.08. The second-order valence-electron chi connectivity index (χ2n) is 6.40. The molecule has 0 radical (unpaired) electrons. The molecule has 7 nitrogen and oxygen atoms in total. The van der Waals surface area contributed by atoms with Gasteiger partial charge < -0.3 is 25.0 Å². The van der Waals surface area contributed by atoms with Crippen LogP contribution in [-0.4, -0.2) is 68.4 Å². The molecule has 2 aliphatic heterocycles. The zero-order valence-electron chi connectivity index (χ0n) is 14.5. The lowest BCUT2D eigenvalue weighted by atomic mass is 10.1. The largest absolute Gasteiger partial charge is 0.376 e. The fourth-order valence-corrected chi connectivity index (χ4v) is 3.78. The molecule has 3 heterocycles. The molecule has 2 saturated heterocycles. The molecule has 138 valence electrons. The number of hydrogen-bond donors (Lipinski definition) is 2. The molecular formula is C17H25N3O4S. The summed E-state index contributed by atoms with van der Waals surface area (Å²) in [6.45, 7) is 5.46. The van der Waals surface area contributed by atoms with Crippen LogP contribution in [0.4, 0.5) is 4.79 Å². The standard InChI is InChI=1S/C17H25N3O4S/c1-12-2-3-15(25-12)16(21)19-13-4-6-20(7-5-13)17(22)18-10-14-11-23-8-9-24-14/h2-3,13-14H,4-11H2,1H3,(H,18,22)(H,19,21)/t14-/m1/s1. The Kier molecular flexibility index (Phi) is 6.28. The van der Waals surface area contributed by atoms with Gasteiger partial charge in [0.1, 0.15) is 0 Å². The quantitative estimate of drug-likeness (QED) is 0.843. The van der Waals surface area contributed by atoms with Crippen molar-refractivity contribution in [3.63, 3.8) is 0 Å². The SMILES string of the molecule is Cc1ccc(C(=O)NC2CCN(C(=O)NC[C@@H]3COCCO3)CC2)s1. The van der Waals surface area contributed by atoms with Gasteiger partial charge in [-0.15, -0.1) is 11.3 Å². The van der Waals surface area contributed by atoms with Crippen LogP contribution in [0.3, 0.4) is 0 Å². The van der Waals surface area contributed by atoms with Gasteiger partial charge in [0.2, 0.25) is 0 Å². The second kappa shape index (κ2) is 8.64. The fraction of sp³-hybridized carbons (Fsp3) is 0.647. The highest BCUT2D eigenvalue weighted by atomic mass is 32.1. The highest BCUT2D eigenvalue weighted by molar-refractivity contribution is 7.13. The van der Waals surface area contributed by atoms with E-state index in [9.17, 15) is 9.59 Å². The van der Waals surface area contributed by atoms with E-state index in [1.165, 1.54) is 11.3 Å². The zero-order chi connectivity index (χ0) is 17.6. The van der Waals surface area contributed by atoms with Gasteiger partial charge in [-0.3, -0.25) is 4.79 Å². The maximum atomic E-state index is 12.2. The van der Waals surface area contributed by atoms with Crippen molar-refractivity contribution in [2.24, 2.45) is 0 Å². The number of amides is 3. The minimum absolute atomic E-state index is 0.0181. The van der Waals surface area contributed by atoms with Crippen LogP contribution >= 0.6 is 11.3 Å². The topological polar surface area (TPSA) is 79.9 Å². The second-order valence-corrected chi connectivity index (χ2v) is 7.69. The number of aryl methyl sites for hydroxylation is 1. The van der Waals surface area contributed by atoms with Crippen molar-refractivity contribution in [1.82, 2.24) is 15.5 Å². The van der Waals surface area contributed by atoms with Crippen molar-refractivity contribution in [3.8, 4) is 0 Å². The number of nitrogens with zero attached hydrogens (tertiary/aromatic N) is 1. The lowest BCUT2D eigenvalue weighted by Gasteiger charge is -2.33. The molecule has 25 heavy (non-hydrogen) atoms. The van der Waals surface area contributed by atoms with E-state index >= 15 is 0 Å². The van der Waals surface area contributed by atoms with E-state index in [0.717, 1.165) is 22.6 Å². The van der Waals surface area contributed by atoms with E-state index in [0.29, 0.717) is 39.5 Å². The fourth-order valence-electron chi connectivity index (χ4n) is 3.01. The molecule has 8 heteroatoms. The van der Waals surface area contributed by atoms with E-state index < -0.39 is 0 Å². The summed E-state index contributed by atoms with van der Waals surface area (Å²) in [5, 5.41) is 5.97. The molecular weight excluding hydrogens is 342 g/mol. The molecule has 0 bridgehead atoms. The molecule has 0 saturated carbocycles. The average molecular weight is 367 g/mol. The highest BCUT2D eigenvalue weighted by Gasteiger charge is 2.25. The summed E-state index contributed by atoms with van der Waals surface area (Å²) in [7, 11) is 0. The number of hydrogen-bond acceptors (Lipinski definition) is 5. The lowest BCUT2D eigenvalue weighted by Crippen LogP contribution is -2.51. The van der Waals surface area contributed by atoms with Crippen LogP contribution in [-0.2, 0) is 9.47 Å². The number of nitrogens with one attached hydrogen (secondary N) is 2. The number of rotatable bonds is 4. The monoisotopic (exact) mass is 367 g/mol. The first kappa shape index (κ1) is 18.2. The number of thiophene rings is 1. The predicted octanol–water partition coefficient (Wildman–Crippen LogP) is 1.38. The van der Waals surface area contributed by atoms with Gasteiger partial charge in [-0.05, 0) is 31.9 Å². The number of carbonyl (C=O) groups is 2. The minimum Gasteiger partial charge on any atom is -0.376 e. The van der Waals surface area contributed by atoms with Gasteiger partial charge in [0.15, 0.2) is 0 Å². The van der Waals surface area contributed by atoms with Crippen LogP contribution in [0.25, 0.3) is 0 Å². The molecule has 2 N–H and O–H groups in total. The third-order valence-electron chi connectivity index (χ3n) is 4.45. The number of urea groups is 1. The Balaban J connectivity index is 1.37. The number of piperidine rings is 1. The molecule has 2 fully saturated rings. The zero-order valence-corrected chi connectivity index (χ0v) is 15.3. The Morgan fingerprint density at radius 1 is 1.28 bits per heavy atom. The summed E-state index contributed by atoms with van der Waals surface area (Å²) in [6, 6.07) is 3.85. The molecule has 3 amide bonds. The van der Waals surface area contributed by atoms with Crippen LogP contribution in [0.2, 0.25) is 0 Å². The van der Waals surface area contributed by atoms with Crippen LogP contribution in [0, 0.1) is 6.92 Å². The van der Waals surface area contributed by atoms with Crippen molar-refractivity contribution >= 4 is 23.3 Å². The number of ether oxygens (including phenoxy) is 2. The van der Waals surface area contributed by atoms with Gasteiger partial charge in [-0.25, -0.2) is 4.79 Å². The van der Waals surface area contributed by atoms with Gasteiger partial charge in [0, 0.05) is 30.6 Å². The summed E-state index contributed by atoms with van der Waals surface area (Å²) in [4.78, 5) is 28.1. The minimum atomic E-state index is -0.0761. The van der Waals surface area contributed by atoms with Crippen molar-refractivity contribution in [1.29, 1.82) is 0 Å². The Labute approximate surface area is 151 Å². The third kappa shape index (κ3) is 5.17. The molecule has 0 aromatic carbocycles. The lowest BCUT2D eigenvalue weighted by molar-refractivity contribution is -0.0856. The van der Waals surface area contributed by atoms with E-state index in [2.05, 4.69) is 10.6 Å². The van der Waals surface area contributed by atoms with Crippen LogP contribution in [0.1, 0.15) is 27.4 Å². The van der Waals surface area contributed by atoms with Crippen LogP contribution < -0.4 is 10.6 Å². The predicted molar refractivity (Wildman–Crippen MR) is 95.1 cm³/mol. The molecule has 2 aliphatic rings. The summed E-state index contributed by atoms with van der Waals surface area (Å²) >= 11 is 1.50. The Hall–Kier alpha value is -1.64. The first-order chi connectivity index (χ1) is 12.1. The Bertz CT molecular complexity index is 592. The number of likely N-dealkylation sites (tertiary alicyclic amines) is 1. The number of carbonyl (C=O) groups excluding carboxylic acids is 2. The first-order valence-electron chi connectivity index (χ1n) is 8.71. The Morgan fingerprint density at radius 2 is 2.08 bits per heavy atom. The highest BCUT2D eigenvalue weighted by Crippen LogP contribution is 2.16. The van der Waals surface area contributed by atoms with Gasteiger partial charge >= 0.3 is 6.03 Å². The van der Waals surface area contributed by atoms with Crippen molar-refractivity contribution in [2.45, 2.75) is 31.9 Å². The molecule has 1 aromatic heterocycles. The molecule has 3 rings (SSSR count). The van der Waals surface area contributed by atoms with Crippen LogP contribution in [0.5, 0.6) is 0 Å². The van der Waals surface area contributed by atoms with E-state index in [1.807, 2.05) is 19.1 Å². The van der Waals surface area contributed by atoms with Crippen molar-refractivity contribution < 1.29 is 19.1 Å². The molecule has 0 spiro atoms. The molecule has 1 aromatic rings. The smallest absolute Gasteiger partial charge is 0.317 e. The van der Waals surface area contributed by atoms with Gasteiger partial charge in [-0.1, -0.05) is 0 Å². The van der Waals surface area contributed by atoms with Crippen molar-refractivity contribution in [3.05, 3.63) is 21.9 Å². The first-order valence-corrected chi connectivity index (χ1v) is 9.53. The molecule has 1 atom stereocenters. The van der Waals surface area contributed by atoms with Gasteiger partial charge in [-0.2, -0.15) is 0 Å². The van der Waals surface area contributed by atoms with E-state index in [1.54, 1.807) is 4.90 Å². The molecule has 0 aliphatic carbocycles. The molecule has 0 unspecified atom stereocenters. The third-order valence-corrected chi connectivity index (χ3v) is 5.45. The van der Waals surface area contributed by atoms with Gasteiger partial charge in [0.25, 0.3) is 5.91 Å². The summed E-state index contributed by atoms with van der Waals surface area (Å²) in [5.41, 5.74) is 0. The van der Waals surface area contributed by atoms with Gasteiger partial charge in [0.05, 0.1) is 30.8 Å². The normalized spacial score (nSPS) is 21.8. The van der Waals surface area contributed by atoms with E-state index in [-0.39, 0.29) is 24.1 Å². The maximum Gasteiger partial charge on any atom is 0.317 e. The van der Waals surface area contributed by atoms with E-state index in [4.69, 9.17) is 9.47 Å². The van der Waals surface area contributed by atoms with Crippen LogP contribution in [0.15, 0.2) is 12.1 Å².